The highest BCUT2D eigenvalue weighted by Crippen LogP contribution is 2.18. The number of ketones is 1. The molecular weight excluding hydrogens is 258 g/mol. The van der Waals surface area contributed by atoms with Gasteiger partial charge in [-0.3, -0.25) is 4.79 Å². The van der Waals surface area contributed by atoms with Crippen LogP contribution in [-0.2, 0) is 29.6 Å². The lowest BCUT2D eigenvalue weighted by atomic mass is 10.2. The molecule has 0 unspecified atom stereocenters. The zero-order valence-corrected chi connectivity index (χ0v) is 10.1. The van der Waals surface area contributed by atoms with Gasteiger partial charge >= 0.3 is 10.1 Å². The van der Waals surface area contributed by atoms with Gasteiger partial charge in [0, 0.05) is 0 Å². The number of nitrogens with two attached hydrogens (primary N) is 1. The molecule has 0 saturated carbocycles. The van der Waals surface area contributed by atoms with Gasteiger partial charge in [0.1, 0.15) is 5.75 Å². The fraction of sp³-hybridized carbons (Fsp3) is 0.182. The lowest BCUT2D eigenvalue weighted by molar-refractivity contribution is -0.118. The molecule has 0 aromatic heterocycles. The topological polar surface area (TPSA) is 95.7 Å². The van der Waals surface area contributed by atoms with Gasteiger partial charge in [0.2, 0.25) is 17.4 Å². The van der Waals surface area contributed by atoms with Gasteiger partial charge in [-0.2, -0.15) is 8.42 Å². The SMILES string of the molecule is NC1=C(OS(=O)(=O)Cc2ccccc2)C(=O)CO1. The summed E-state index contributed by atoms with van der Waals surface area (Å²) in [6.07, 6.45) is 0. The fourth-order valence-corrected chi connectivity index (χ4v) is 2.52. The van der Waals surface area contributed by atoms with Crippen LogP contribution in [0, 0.1) is 0 Å². The molecule has 96 valence electrons. The van der Waals surface area contributed by atoms with Gasteiger partial charge in [0.05, 0.1) is 0 Å². The molecule has 2 N–H and O–H groups in total. The van der Waals surface area contributed by atoms with Gasteiger partial charge in [-0.05, 0) is 5.56 Å². The second-order valence-corrected chi connectivity index (χ2v) is 5.25. The Morgan fingerprint density at radius 2 is 1.94 bits per heavy atom. The number of carbonyl (C=O) groups is 1. The number of rotatable bonds is 4. The van der Waals surface area contributed by atoms with Crippen LogP contribution >= 0.6 is 0 Å². The van der Waals surface area contributed by atoms with Gasteiger partial charge in [-0.25, -0.2) is 0 Å². The molecule has 0 atom stereocenters. The molecule has 0 spiro atoms. The average molecular weight is 269 g/mol. The molecule has 1 aliphatic rings. The highest BCUT2D eigenvalue weighted by Gasteiger charge is 2.29. The lowest BCUT2D eigenvalue weighted by Gasteiger charge is -2.06. The second-order valence-electron chi connectivity index (χ2n) is 3.68. The van der Waals surface area contributed by atoms with E-state index in [0.717, 1.165) is 0 Å². The maximum Gasteiger partial charge on any atom is 0.313 e. The Balaban J connectivity index is 2.14. The maximum absolute atomic E-state index is 11.7. The van der Waals surface area contributed by atoms with Crippen molar-refractivity contribution in [3.8, 4) is 0 Å². The first-order valence-corrected chi connectivity index (χ1v) is 6.67. The van der Waals surface area contributed by atoms with Crippen molar-refractivity contribution in [2.24, 2.45) is 5.73 Å². The first kappa shape index (κ1) is 12.4. The Morgan fingerprint density at radius 3 is 2.50 bits per heavy atom. The zero-order chi connectivity index (χ0) is 13.2. The molecule has 1 heterocycles. The molecule has 0 amide bonds. The van der Waals surface area contributed by atoms with Crippen LogP contribution < -0.4 is 5.73 Å². The first-order valence-electron chi connectivity index (χ1n) is 5.10. The zero-order valence-electron chi connectivity index (χ0n) is 9.33. The summed E-state index contributed by atoms with van der Waals surface area (Å²) in [4.78, 5) is 11.3. The summed E-state index contributed by atoms with van der Waals surface area (Å²) in [6.45, 7) is -0.290. The van der Waals surface area contributed by atoms with Crippen LogP contribution in [0.2, 0.25) is 0 Å². The Hall–Kier alpha value is -2.02. The summed E-state index contributed by atoms with van der Waals surface area (Å²) in [5, 5.41) is 0. The highest BCUT2D eigenvalue weighted by molar-refractivity contribution is 7.86. The second kappa shape index (κ2) is 4.69. The molecule has 0 aliphatic carbocycles. The summed E-state index contributed by atoms with van der Waals surface area (Å²) < 4.78 is 32.8. The van der Waals surface area contributed by atoms with Gasteiger partial charge < -0.3 is 14.7 Å². The molecule has 1 aliphatic heterocycles. The Morgan fingerprint density at radius 1 is 1.28 bits per heavy atom. The van der Waals surface area contributed by atoms with Crippen LogP contribution in [0.25, 0.3) is 0 Å². The van der Waals surface area contributed by atoms with E-state index in [1.54, 1.807) is 30.3 Å². The fourth-order valence-electron chi connectivity index (χ4n) is 1.43. The van der Waals surface area contributed by atoms with Crippen molar-refractivity contribution in [1.82, 2.24) is 0 Å². The first-order chi connectivity index (χ1) is 8.48. The Labute approximate surface area is 104 Å². The van der Waals surface area contributed by atoms with Crippen molar-refractivity contribution in [2.75, 3.05) is 6.61 Å². The van der Waals surface area contributed by atoms with E-state index in [2.05, 4.69) is 4.18 Å². The van der Waals surface area contributed by atoms with Gasteiger partial charge in [0.25, 0.3) is 0 Å². The van der Waals surface area contributed by atoms with E-state index in [1.165, 1.54) is 0 Å². The normalized spacial score (nSPS) is 15.7. The minimum absolute atomic E-state index is 0.290. The number of ether oxygens (including phenoxy) is 1. The summed E-state index contributed by atoms with van der Waals surface area (Å²) in [5.41, 5.74) is 5.88. The predicted molar refractivity (Wildman–Crippen MR) is 62.3 cm³/mol. The van der Waals surface area contributed by atoms with Crippen molar-refractivity contribution in [2.45, 2.75) is 5.75 Å². The molecule has 2 rings (SSSR count). The summed E-state index contributed by atoms with van der Waals surface area (Å²) in [7, 11) is -3.92. The molecule has 6 nitrogen and oxygen atoms in total. The summed E-state index contributed by atoms with van der Waals surface area (Å²) in [6, 6.07) is 8.48. The molecule has 18 heavy (non-hydrogen) atoms. The van der Waals surface area contributed by atoms with E-state index in [4.69, 9.17) is 10.5 Å². The minimum Gasteiger partial charge on any atom is -0.468 e. The molecule has 1 aromatic carbocycles. The molecule has 0 saturated heterocycles. The van der Waals surface area contributed by atoms with E-state index >= 15 is 0 Å². The van der Waals surface area contributed by atoms with Crippen LogP contribution in [0.4, 0.5) is 0 Å². The van der Waals surface area contributed by atoms with Crippen molar-refractivity contribution in [3.05, 3.63) is 47.5 Å². The lowest BCUT2D eigenvalue weighted by Crippen LogP contribution is -2.14. The summed E-state index contributed by atoms with van der Waals surface area (Å²) >= 11 is 0. The maximum atomic E-state index is 11.7. The standard InChI is InChI=1S/C11H11NO5S/c12-11-10(9(13)6-16-11)17-18(14,15)7-8-4-2-1-3-5-8/h1-5H,6-7,12H2. The van der Waals surface area contributed by atoms with Crippen molar-refractivity contribution < 1.29 is 22.1 Å². The van der Waals surface area contributed by atoms with Crippen LogP contribution in [0.1, 0.15) is 5.56 Å². The molecule has 0 radical (unpaired) electrons. The molecular formula is C11H11NO5S. The number of hydrogen-bond acceptors (Lipinski definition) is 6. The van der Waals surface area contributed by atoms with E-state index in [-0.39, 0.29) is 18.2 Å². The van der Waals surface area contributed by atoms with E-state index in [1.807, 2.05) is 0 Å². The highest BCUT2D eigenvalue weighted by atomic mass is 32.2. The monoisotopic (exact) mass is 269 g/mol. The van der Waals surface area contributed by atoms with Crippen molar-refractivity contribution >= 4 is 15.9 Å². The van der Waals surface area contributed by atoms with Crippen LogP contribution in [0.15, 0.2) is 42.0 Å². The van der Waals surface area contributed by atoms with Crippen LogP contribution in [-0.4, -0.2) is 20.8 Å². The molecule has 7 heteroatoms. The molecule has 0 fully saturated rings. The third kappa shape index (κ3) is 2.80. The number of hydrogen-bond donors (Lipinski definition) is 1. The third-order valence-electron chi connectivity index (χ3n) is 2.23. The Bertz CT molecular complexity index is 591. The number of Topliss-reactive ketones (excluding diaryl/α,β-unsaturated/α-hetero) is 1. The van der Waals surface area contributed by atoms with E-state index in [0.29, 0.717) is 5.56 Å². The quantitative estimate of drug-likeness (QED) is 0.788. The van der Waals surface area contributed by atoms with Crippen LogP contribution in [0.5, 0.6) is 0 Å². The average Bonchev–Trinajstić information content (AvgIpc) is 2.61. The van der Waals surface area contributed by atoms with Crippen LogP contribution in [0.3, 0.4) is 0 Å². The largest absolute Gasteiger partial charge is 0.468 e. The van der Waals surface area contributed by atoms with E-state index < -0.39 is 21.7 Å². The van der Waals surface area contributed by atoms with E-state index in [9.17, 15) is 13.2 Å². The molecule has 0 bridgehead atoms. The Kier molecular flexibility index (Phi) is 3.24. The number of carbonyl (C=O) groups excluding carboxylic acids is 1. The molecule has 1 aromatic rings. The van der Waals surface area contributed by atoms with Gasteiger partial charge in [0.15, 0.2) is 6.61 Å². The number of benzene rings is 1. The van der Waals surface area contributed by atoms with Crippen molar-refractivity contribution in [3.63, 3.8) is 0 Å². The van der Waals surface area contributed by atoms with Crippen molar-refractivity contribution in [1.29, 1.82) is 0 Å². The summed E-state index contributed by atoms with van der Waals surface area (Å²) in [5.74, 6) is -1.65. The predicted octanol–water partition coefficient (Wildman–Crippen LogP) is 0.260. The minimum atomic E-state index is -3.92. The third-order valence-corrected chi connectivity index (χ3v) is 3.34. The van der Waals surface area contributed by atoms with Gasteiger partial charge in [-0.15, -0.1) is 0 Å². The smallest absolute Gasteiger partial charge is 0.313 e. The van der Waals surface area contributed by atoms with Gasteiger partial charge in [-0.1, -0.05) is 30.3 Å².